The van der Waals surface area contributed by atoms with Crippen LogP contribution in [0.1, 0.15) is 117 Å². The quantitative estimate of drug-likeness (QED) is 0.0701. The van der Waals surface area contributed by atoms with Gasteiger partial charge in [-0.3, -0.25) is 19.8 Å². The molecule has 1 unspecified atom stereocenters. The Hall–Kier alpha value is -5.63. The zero-order valence-corrected chi connectivity index (χ0v) is 40.9. The van der Waals surface area contributed by atoms with Crippen LogP contribution in [0, 0.1) is 15.5 Å². The Bertz CT molecular complexity index is 3010. The minimum Gasteiger partial charge on any atom is -0.455 e. The average Bonchev–Trinajstić information content (AvgIpc) is 3.90. The van der Waals surface area contributed by atoms with E-state index in [1.807, 2.05) is 12.1 Å². The number of carbonyl (C=O) groups excluding carboxylic acids is 1. The van der Waals surface area contributed by atoms with Gasteiger partial charge in [-0.2, -0.15) is 0 Å². The monoisotopic (exact) mass is 991 g/mol. The van der Waals surface area contributed by atoms with Crippen LogP contribution in [-0.4, -0.2) is 106 Å². The predicted octanol–water partition coefficient (Wildman–Crippen LogP) is 8.85. The first-order valence-electron chi connectivity index (χ1n) is 25.0. The number of likely N-dealkylation sites (tertiary alicyclic amines) is 1. The van der Waals surface area contributed by atoms with Crippen LogP contribution in [0.3, 0.4) is 0 Å². The van der Waals surface area contributed by atoms with Gasteiger partial charge in [-0.25, -0.2) is 31.7 Å². The van der Waals surface area contributed by atoms with E-state index in [1.165, 1.54) is 44.7 Å². The van der Waals surface area contributed by atoms with Gasteiger partial charge in [0.2, 0.25) is 5.82 Å². The number of ether oxygens (including phenoxy) is 2. The number of piperidine rings is 1. The zero-order valence-electron chi connectivity index (χ0n) is 39.3. The summed E-state index contributed by atoms with van der Waals surface area (Å²) in [5.41, 5.74) is 4.31. The first-order valence-corrected chi connectivity index (χ1v) is 28.4. The lowest BCUT2D eigenvalue weighted by Crippen LogP contribution is -2.54. The van der Waals surface area contributed by atoms with E-state index in [2.05, 4.69) is 63.4 Å². The molecule has 3 N–H and O–H groups in total. The molecule has 5 aromatic rings. The zero-order chi connectivity index (χ0) is 48.0. The van der Waals surface area contributed by atoms with Crippen molar-refractivity contribution in [2.75, 3.05) is 54.5 Å². The summed E-state index contributed by atoms with van der Waals surface area (Å²) in [6, 6.07) is 19.8. The molecular weight excluding hydrogens is 931 g/mol. The Morgan fingerprint density at radius 3 is 2.50 bits per heavy atom. The van der Waals surface area contributed by atoms with Gasteiger partial charge in [-0.15, -0.1) is 0 Å². The fourth-order valence-corrected chi connectivity index (χ4v) is 15.1. The van der Waals surface area contributed by atoms with Crippen molar-refractivity contribution in [1.82, 2.24) is 24.6 Å². The van der Waals surface area contributed by atoms with E-state index in [-0.39, 0.29) is 35.8 Å². The molecule has 7 heterocycles. The van der Waals surface area contributed by atoms with Crippen LogP contribution in [-0.2, 0) is 24.5 Å². The van der Waals surface area contributed by atoms with Crippen molar-refractivity contribution in [3.05, 3.63) is 106 Å². The molecule has 70 heavy (non-hydrogen) atoms. The molecule has 0 bridgehead atoms. The molecule has 2 saturated carbocycles. The van der Waals surface area contributed by atoms with E-state index in [0.717, 1.165) is 81.0 Å². The van der Waals surface area contributed by atoms with Crippen molar-refractivity contribution in [1.29, 1.82) is 0 Å². The number of nitro groups is 1. The number of rotatable bonds is 14. The molecule has 4 aliphatic heterocycles. The van der Waals surface area contributed by atoms with Gasteiger partial charge >= 0.3 is 5.69 Å². The number of hydrogen-bond acceptors (Lipinski definition) is 14. The molecule has 11 rings (SSSR count). The van der Waals surface area contributed by atoms with Gasteiger partial charge in [-0.1, -0.05) is 30.7 Å². The number of H-pyrrole nitrogens is 1. The van der Waals surface area contributed by atoms with Crippen molar-refractivity contribution in [2.45, 2.75) is 119 Å². The molecule has 17 nitrogen and oxygen atoms in total. The highest BCUT2D eigenvalue weighted by Crippen LogP contribution is 2.55. The number of carbonyl (C=O) groups is 1. The minimum atomic E-state index is -4.66. The molecule has 370 valence electrons. The van der Waals surface area contributed by atoms with Crippen LogP contribution in [0.2, 0.25) is 0 Å². The smallest absolute Gasteiger partial charge is 0.312 e. The highest BCUT2D eigenvalue weighted by atomic mass is 32.2. The molecule has 2 aliphatic carbocycles. The maximum atomic E-state index is 14.0. The van der Waals surface area contributed by atoms with Gasteiger partial charge in [0.05, 0.1) is 41.6 Å². The second-order valence-electron chi connectivity index (χ2n) is 20.4. The summed E-state index contributed by atoms with van der Waals surface area (Å²) >= 11 is 0. The summed E-state index contributed by atoms with van der Waals surface area (Å²) in [5, 5.41) is 16.0. The Kier molecular flexibility index (Phi) is 12.8. The van der Waals surface area contributed by atoms with Gasteiger partial charge in [0.15, 0.2) is 0 Å². The fraction of sp³-hybridized carbons (Fsp3) is 0.510. The fourth-order valence-electron chi connectivity index (χ4n) is 11.7. The maximum Gasteiger partial charge on any atom is 0.312 e. The van der Waals surface area contributed by atoms with E-state index in [1.54, 1.807) is 35.5 Å². The van der Waals surface area contributed by atoms with E-state index in [9.17, 15) is 27.5 Å². The second-order valence-corrected chi connectivity index (χ2v) is 24.6. The number of sulfonamides is 1. The van der Waals surface area contributed by atoms with Gasteiger partial charge in [0.1, 0.15) is 22.0 Å². The number of aromatic amines is 1. The summed E-state index contributed by atoms with van der Waals surface area (Å²) in [5.74, 6) is 1.36. The standard InChI is InChI=1S/C51H61N9O8S2/c61-50(57-70(65,66)41-27-46(60(62)63)49(55-32-41)54-30-39-14-12-36(33-67-39)56-69(64)23-4-1-5-24-69)44-15-13-37(26-47(44)68-40-25-35-16-19-52-48(35)53-31-40)58-21-17-51(18-22-58)28-38(29-51)59-20-6-9-45(59)43-8-3-2-7-42(43)34-10-11-34/h2-3,7-8,13,15-16,19,25-27,31-32,34,36,38-39,45H,1,4-6,9-12,14,17-18,20-24,28-30,33H2,(H,52,53)(H,54,55)(H,57,61)/t36-,39?,45-/m1/s1. The van der Waals surface area contributed by atoms with E-state index in [0.29, 0.717) is 59.8 Å². The summed E-state index contributed by atoms with van der Waals surface area (Å²) in [6.07, 6.45) is 17.8. The predicted molar refractivity (Wildman–Crippen MR) is 268 cm³/mol. The number of pyridine rings is 2. The number of fused-ring (bicyclic) bond motifs is 1. The molecule has 3 atom stereocenters. The van der Waals surface area contributed by atoms with Crippen LogP contribution in [0.25, 0.3) is 11.0 Å². The Labute approximate surface area is 408 Å². The van der Waals surface area contributed by atoms with E-state index < -0.39 is 41.2 Å². The summed E-state index contributed by atoms with van der Waals surface area (Å²) < 4.78 is 59.8. The molecule has 2 aromatic carbocycles. The third-order valence-corrected chi connectivity index (χ3v) is 19.5. The lowest BCUT2D eigenvalue weighted by Gasteiger charge is -2.56. The summed E-state index contributed by atoms with van der Waals surface area (Å²) in [6.45, 7) is 3.32. The second kappa shape index (κ2) is 19.2. The Morgan fingerprint density at radius 2 is 1.74 bits per heavy atom. The van der Waals surface area contributed by atoms with Gasteiger partial charge in [-0.05, 0) is 130 Å². The van der Waals surface area contributed by atoms with Crippen molar-refractivity contribution in [3.63, 3.8) is 0 Å². The first kappa shape index (κ1) is 46.7. The topological polar surface area (TPSA) is 214 Å². The van der Waals surface area contributed by atoms with E-state index in [4.69, 9.17) is 9.47 Å². The van der Waals surface area contributed by atoms with Crippen LogP contribution in [0.15, 0.2) is 88.5 Å². The lowest BCUT2D eigenvalue weighted by atomic mass is 9.59. The van der Waals surface area contributed by atoms with Crippen molar-refractivity contribution in [3.8, 4) is 11.5 Å². The number of benzene rings is 2. The van der Waals surface area contributed by atoms with Gasteiger partial charge in [0, 0.05) is 82.4 Å². The highest BCUT2D eigenvalue weighted by molar-refractivity contribution is 7.93. The average molecular weight is 992 g/mol. The van der Waals surface area contributed by atoms with Crippen molar-refractivity contribution < 1.29 is 31.8 Å². The van der Waals surface area contributed by atoms with Crippen LogP contribution in [0.5, 0.6) is 11.5 Å². The number of anilines is 2. The maximum absolute atomic E-state index is 14.0. The molecule has 3 aromatic heterocycles. The Balaban J connectivity index is 0.755. The van der Waals surface area contributed by atoms with Crippen LogP contribution >= 0.6 is 0 Å². The lowest BCUT2D eigenvalue weighted by molar-refractivity contribution is -0.384. The first-order chi connectivity index (χ1) is 33.9. The molecule has 1 amide bonds. The number of nitrogens with one attached hydrogen (secondary N) is 3. The van der Waals surface area contributed by atoms with Crippen LogP contribution in [0.4, 0.5) is 17.2 Å². The molecule has 6 fully saturated rings. The third-order valence-electron chi connectivity index (χ3n) is 15.7. The largest absolute Gasteiger partial charge is 0.455 e. The van der Waals surface area contributed by atoms with E-state index >= 15 is 0 Å². The number of nitrogens with zero attached hydrogens (tertiary/aromatic N) is 6. The normalized spacial score (nSPS) is 23.7. The number of hydrogen-bond donors (Lipinski definition) is 3. The summed E-state index contributed by atoms with van der Waals surface area (Å²) in [4.78, 5) is 41.8. The molecule has 1 spiro atoms. The van der Waals surface area contributed by atoms with Crippen LogP contribution < -0.4 is 19.7 Å². The third kappa shape index (κ3) is 9.86. The molecular formula is C51H61N9O8S2. The molecule has 6 aliphatic rings. The SMILES string of the molecule is O=C(NS(=O)(=O)c1cnc(NCC2CC[C@@H](N=S3(=O)CCCCC3)CO2)c([N+](=O)[O-])c1)c1ccc(N2CCC3(CC2)CC(N2CCC[C@@H]2c2ccccc2C2CC2)C3)cc1Oc1cnc2[nH]ccc2c1. The summed E-state index contributed by atoms with van der Waals surface area (Å²) in [7, 11) is -6.86. The van der Waals surface area contributed by atoms with Gasteiger partial charge < -0.3 is 24.7 Å². The van der Waals surface area contributed by atoms with Crippen molar-refractivity contribution >= 4 is 53.9 Å². The molecule has 19 heteroatoms. The number of aromatic nitrogens is 3. The van der Waals surface area contributed by atoms with Crippen molar-refractivity contribution in [2.24, 2.45) is 9.78 Å². The molecule has 0 radical (unpaired) electrons. The Morgan fingerprint density at radius 1 is 0.943 bits per heavy atom. The van der Waals surface area contributed by atoms with Gasteiger partial charge in [0.25, 0.3) is 15.9 Å². The minimum absolute atomic E-state index is 0.0472. The molecule has 4 saturated heterocycles. The number of amides is 1. The highest BCUT2D eigenvalue weighted by Gasteiger charge is 2.50.